The van der Waals surface area contributed by atoms with E-state index in [-0.39, 0.29) is 5.41 Å². The molecular weight excluding hydrogens is 256 g/mol. The van der Waals surface area contributed by atoms with Gasteiger partial charge in [0, 0.05) is 6.61 Å². The molecule has 0 aromatic heterocycles. The van der Waals surface area contributed by atoms with E-state index in [0.717, 1.165) is 5.92 Å². The van der Waals surface area contributed by atoms with Crippen LogP contribution in [0.25, 0.3) is 0 Å². The van der Waals surface area contributed by atoms with Crippen molar-refractivity contribution in [2.24, 2.45) is 28.6 Å². The molecule has 1 nitrogen and oxygen atoms in total. The maximum absolute atomic E-state index is 9.98. The van der Waals surface area contributed by atoms with Gasteiger partial charge >= 0.3 is 0 Å². The SMILES string of the molecule is CC(C)C1=CC2=CCC3[C@](C)(CO)CCC[C@]3(C)C2CC1. The predicted octanol–water partition coefficient (Wildman–Crippen LogP) is 5.11. The molecule has 0 heterocycles. The Kier molecular flexibility index (Phi) is 3.84. The maximum Gasteiger partial charge on any atom is 0.0487 e. The van der Waals surface area contributed by atoms with Crippen LogP contribution in [0.15, 0.2) is 23.3 Å². The zero-order valence-electron chi connectivity index (χ0n) is 14.3. The summed E-state index contributed by atoms with van der Waals surface area (Å²) < 4.78 is 0. The number of hydrogen-bond acceptors (Lipinski definition) is 1. The third-order valence-corrected chi connectivity index (χ3v) is 7.06. The van der Waals surface area contributed by atoms with Crippen LogP contribution in [0, 0.1) is 28.6 Å². The van der Waals surface area contributed by atoms with Crippen molar-refractivity contribution >= 4 is 0 Å². The van der Waals surface area contributed by atoms with Crippen LogP contribution >= 0.6 is 0 Å². The van der Waals surface area contributed by atoms with E-state index in [2.05, 4.69) is 39.8 Å². The molecule has 0 aromatic rings. The van der Waals surface area contributed by atoms with Crippen molar-refractivity contribution in [2.45, 2.75) is 66.2 Å². The van der Waals surface area contributed by atoms with Gasteiger partial charge in [-0.15, -0.1) is 0 Å². The second-order valence-corrected chi connectivity index (χ2v) is 8.63. The van der Waals surface area contributed by atoms with E-state index in [0.29, 0.717) is 23.9 Å². The number of allylic oxidation sites excluding steroid dienone is 4. The number of aliphatic hydroxyl groups excluding tert-OH is 1. The van der Waals surface area contributed by atoms with Gasteiger partial charge in [0.15, 0.2) is 0 Å². The Morgan fingerprint density at radius 1 is 1.29 bits per heavy atom. The molecule has 0 aromatic carbocycles. The van der Waals surface area contributed by atoms with Crippen molar-refractivity contribution in [1.82, 2.24) is 0 Å². The monoisotopic (exact) mass is 288 g/mol. The summed E-state index contributed by atoms with van der Waals surface area (Å²) in [6.07, 6.45) is 12.6. The minimum absolute atomic E-state index is 0.136. The second kappa shape index (κ2) is 5.26. The molecule has 0 spiro atoms. The average Bonchev–Trinajstić information content (AvgIpc) is 2.46. The Bertz CT molecular complexity index is 472. The van der Waals surface area contributed by atoms with Crippen molar-refractivity contribution in [2.75, 3.05) is 6.61 Å². The lowest BCUT2D eigenvalue weighted by Crippen LogP contribution is -2.51. The Balaban J connectivity index is 1.97. The highest BCUT2D eigenvalue weighted by Gasteiger charge is 2.53. The van der Waals surface area contributed by atoms with E-state index in [1.165, 1.54) is 38.5 Å². The molecule has 4 atom stereocenters. The molecule has 3 rings (SSSR count). The van der Waals surface area contributed by atoms with E-state index >= 15 is 0 Å². The van der Waals surface area contributed by atoms with Crippen LogP contribution in [0.3, 0.4) is 0 Å². The molecule has 1 heteroatoms. The summed E-state index contributed by atoms with van der Waals surface area (Å²) in [6, 6.07) is 0. The molecule has 1 saturated carbocycles. The molecule has 1 N–H and O–H groups in total. The highest BCUT2D eigenvalue weighted by Crippen LogP contribution is 2.61. The van der Waals surface area contributed by atoms with Gasteiger partial charge in [0.1, 0.15) is 0 Å². The first-order valence-electron chi connectivity index (χ1n) is 8.92. The standard InChI is InChI=1S/C20H32O/c1-14(2)15-6-8-17-16(12-15)7-9-18-19(3,13-21)10-5-11-20(17,18)4/h7,12,14,17-18,21H,5-6,8-11,13H2,1-4H3/t17?,18?,19-,20+/m0/s1. The third kappa shape index (κ3) is 2.32. The largest absolute Gasteiger partial charge is 0.396 e. The second-order valence-electron chi connectivity index (χ2n) is 8.63. The molecule has 21 heavy (non-hydrogen) atoms. The fourth-order valence-electron chi connectivity index (χ4n) is 5.66. The molecule has 0 bridgehead atoms. The molecule has 3 aliphatic carbocycles. The first kappa shape index (κ1) is 15.3. The Labute approximate surface area is 130 Å². The van der Waals surface area contributed by atoms with Crippen LogP contribution in [0.1, 0.15) is 66.2 Å². The first-order valence-corrected chi connectivity index (χ1v) is 8.92. The lowest BCUT2D eigenvalue weighted by molar-refractivity contribution is -0.0737. The third-order valence-electron chi connectivity index (χ3n) is 7.06. The van der Waals surface area contributed by atoms with Crippen LogP contribution in [0.4, 0.5) is 0 Å². The van der Waals surface area contributed by atoms with Crippen LogP contribution in [0.2, 0.25) is 0 Å². The van der Waals surface area contributed by atoms with Crippen molar-refractivity contribution in [3.05, 3.63) is 23.3 Å². The Morgan fingerprint density at radius 3 is 2.71 bits per heavy atom. The molecule has 0 aliphatic heterocycles. The van der Waals surface area contributed by atoms with Gasteiger partial charge in [0.2, 0.25) is 0 Å². The minimum atomic E-state index is 0.136. The Morgan fingerprint density at radius 2 is 2.05 bits per heavy atom. The zero-order valence-corrected chi connectivity index (χ0v) is 14.3. The summed E-state index contributed by atoms with van der Waals surface area (Å²) >= 11 is 0. The maximum atomic E-state index is 9.98. The lowest BCUT2D eigenvalue weighted by atomic mass is 9.47. The van der Waals surface area contributed by atoms with Crippen LogP contribution < -0.4 is 0 Å². The van der Waals surface area contributed by atoms with Gasteiger partial charge in [0.25, 0.3) is 0 Å². The molecular formula is C20H32O. The summed E-state index contributed by atoms with van der Waals surface area (Å²) in [7, 11) is 0. The summed E-state index contributed by atoms with van der Waals surface area (Å²) in [5, 5.41) is 9.98. The van der Waals surface area contributed by atoms with Crippen molar-refractivity contribution < 1.29 is 5.11 Å². The topological polar surface area (TPSA) is 20.2 Å². The molecule has 2 unspecified atom stereocenters. The van der Waals surface area contributed by atoms with Gasteiger partial charge in [-0.25, -0.2) is 0 Å². The quantitative estimate of drug-likeness (QED) is 0.748. The summed E-state index contributed by atoms with van der Waals surface area (Å²) in [4.78, 5) is 0. The summed E-state index contributed by atoms with van der Waals surface area (Å²) in [5.74, 6) is 2.07. The Hall–Kier alpha value is -0.560. The van der Waals surface area contributed by atoms with Gasteiger partial charge in [-0.2, -0.15) is 0 Å². The zero-order chi connectivity index (χ0) is 15.3. The van der Waals surface area contributed by atoms with E-state index in [4.69, 9.17) is 0 Å². The molecule has 0 radical (unpaired) electrons. The van der Waals surface area contributed by atoms with Crippen LogP contribution in [0.5, 0.6) is 0 Å². The molecule has 0 amide bonds. The smallest absolute Gasteiger partial charge is 0.0487 e. The van der Waals surface area contributed by atoms with Gasteiger partial charge in [-0.1, -0.05) is 51.8 Å². The van der Waals surface area contributed by atoms with Crippen LogP contribution in [-0.2, 0) is 0 Å². The lowest BCUT2D eigenvalue weighted by Gasteiger charge is -2.58. The minimum Gasteiger partial charge on any atom is -0.396 e. The fourth-order valence-corrected chi connectivity index (χ4v) is 5.66. The molecule has 3 aliphatic rings. The van der Waals surface area contributed by atoms with Crippen molar-refractivity contribution in [3.8, 4) is 0 Å². The van der Waals surface area contributed by atoms with E-state index in [1.807, 2.05) is 0 Å². The number of aliphatic hydroxyl groups is 1. The number of hydrogen-bond donors (Lipinski definition) is 1. The van der Waals surface area contributed by atoms with Gasteiger partial charge < -0.3 is 5.11 Å². The van der Waals surface area contributed by atoms with Gasteiger partial charge in [0.05, 0.1) is 0 Å². The fraction of sp³-hybridized carbons (Fsp3) is 0.800. The van der Waals surface area contributed by atoms with Gasteiger partial charge in [-0.05, 0) is 66.3 Å². The van der Waals surface area contributed by atoms with Crippen molar-refractivity contribution in [3.63, 3.8) is 0 Å². The molecule has 118 valence electrons. The normalized spacial score (nSPS) is 43.0. The number of rotatable bonds is 2. The van der Waals surface area contributed by atoms with Crippen molar-refractivity contribution in [1.29, 1.82) is 0 Å². The summed E-state index contributed by atoms with van der Waals surface area (Å²) in [5.41, 5.74) is 3.79. The van der Waals surface area contributed by atoms with E-state index in [9.17, 15) is 5.11 Å². The predicted molar refractivity (Wildman–Crippen MR) is 89.0 cm³/mol. The van der Waals surface area contributed by atoms with Crippen LogP contribution in [-0.4, -0.2) is 11.7 Å². The molecule has 0 saturated heterocycles. The van der Waals surface area contributed by atoms with E-state index < -0.39 is 0 Å². The molecule has 1 fully saturated rings. The first-order chi connectivity index (χ1) is 9.90. The highest BCUT2D eigenvalue weighted by molar-refractivity contribution is 5.35. The van der Waals surface area contributed by atoms with E-state index in [1.54, 1.807) is 11.1 Å². The number of fused-ring (bicyclic) bond motifs is 3. The van der Waals surface area contributed by atoms with Gasteiger partial charge in [-0.3, -0.25) is 0 Å². The highest BCUT2D eigenvalue weighted by atomic mass is 16.3. The average molecular weight is 288 g/mol. The summed E-state index contributed by atoms with van der Waals surface area (Å²) in [6.45, 7) is 9.85.